The average Bonchev–Trinajstić information content (AvgIpc) is 1.67. The Balaban J connectivity index is 0.000000283. The molecule has 0 spiro atoms. The molecule has 0 heterocycles. The quantitative estimate of drug-likeness (QED) is 0.0119. The van der Waals surface area contributed by atoms with Gasteiger partial charge in [-0.2, -0.15) is 0 Å². The molecular formula is C74H111N5O9. The lowest BCUT2D eigenvalue weighted by atomic mass is 9.73. The SMILES string of the molecule is C=C(C)[C@@H]1CCC(C)=C[C@H]1c1c(O)cc(CCCCC)c(C(=O)NCC(C)C)c1O.C=C(C)[C@@H]1CCC(C)=C[C@H]1c1c(O)cc(CCCCC)c(C(=O)NCCN(C)C)c1O.C=C(C)[C@@H]1CCC(C)=C[C@H]1c1c(O)cc(CCCCC)c(C(=O)NN)c1O. The van der Waals surface area contributed by atoms with Crippen LogP contribution >= 0.6 is 0 Å². The Morgan fingerprint density at radius 3 is 1.11 bits per heavy atom. The summed E-state index contributed by atoms with van der Waals surface area (Å²) < 4.78 is 0. The Morgan fingerprint density at radius 1 is 0.534 bits per heavy atom. The number of amides is 3. The summed E-state index contributed by atoms with van der Waals surface area (Å²) in [5.41, 5.74) is 13.0. The fourth-order valence-corrected chi connectivity index (χ4v) is 12.9. The minimum atomic E-state index is -0.538. The minimum Gasteiger partial charge on any atom is -0.507 e. The summed E-state index contributed by atoms with van der Waals surface area (Å²) in [4.78, 5) is 40.6. The van der Waals surface area contributed by atoms with Crippen molar-refractivity contribution in [1.82, 2.24) is 21.0 Å². The molecule has 14 heteroatoms. The normalized spacial score (nSPS) is 19.0. The third-order valence-corrected chi connectivity index (χ3v) is 17.8. The van der Waals surface area contributed by atoms with E-state index in [0.717, 1.165) is 113 Å². The molecule has 6 rings (SSSR count). The topological polar surface area (TPSA) is 238 Å². The summed E-state index contributed by atoms with van der Waals surface area (Å²) in [6, 6.07) is 5.00. The van der Waals surface area contributed by atoms with Crippen LogP contribution in [0.5, 0.6) is 34.5 Å². The lowest BCUT2D eigenvalue weighted by Crippen LogP contribution is -2.32. The number of nitrogens with one attached hydrogen (secondary N) is 3. The van der Waals surface area contributed by atoms with Crippen molar-refractivity contribution in [3.63, 3.8) is 0 Å². The van der Waals surface area contributed by atoms with Crippen molar-refractivity contribution in [3.05, 3.63) is 140 Å². The van der Waals surface area contributed by atoms with Crippen LogP contribution in [0, 0.1) is 23.7 Å². The first-order valence-corrected chi connectivity index (χ1v) is 32.6. The van der Waals surface area contributed by atoms with Gasteiger partial charge in [0.15, 0.2) is 0 Å². The monoisotopic (exact) mass is 1210 g/mol. The van der Waals surface area contributed by atoms with Crippen LogP contribution < -0.4 is 21.9 Å². The molecule has 3 aliphatic carbocycles. The molecule has 11 N–H and O–H groups in total. The number of hydrogen-bond acceptors (Lipinski definition) is 11. The van der Waals surface area contributed by atoms with Gasteiger partial charge in [0.1, 0.15) is 34.5 Å². The van der Waals surface area contributed by atoms with Gasteiger partial charge >= 0.3 is 0 Å². The number of carbonyl (C=O) groups is 3. The zero-order valence-electron chi connectivity index (χ0n) is 55.9. The second-order valence-corrected chi connectivity index (χ2v) is 26.2. The molecule has 3 aliphatic rings. The smallest absolute Gasteiger partial charge is 0.269 e. The average molecular weight is 1210 g/mol. The number of aryl methyl sites for hydroxylation is 3. The van der Waals surface area contributed by atoms with E-state index in [1.807, 2.05) is 60.5 Å². The number of allylic oxidation sites excluding steroid dienone is 9. The number of hydrogen-bond donors (Lipinski definition) is 10. The molecule has 0 saturated heterocycles. The minimum absolute atomic E-state index is 0.0229. The molecule has 3 amide bonds. The van der Waals surface area contributed by atoms with Crippen LogP contribution in [0.3, 0.4) is 0 Å². The third-order valence-electron chi connectivity index (χ3n) is 17.8. The lowest BCUT2D eigenvalue weighted by Gasteiger charge is -2.32. The maximum Gasteiger partial charge on any atom is 0.269 e. The summed E-state index contributed by atoms with van der Waals surface area (Å²) in [7, 11) is 3.90. The number of aromatic hydroxyl groups is 6. The second kappa shape index (κ2) is 35.4. The highest BCUT2D eigenvalue weighted by atomic mass is 16.3. The standard InChI is InChI=1S/C26H40N2O3.C26H39NO3.C22H32N2O3/c1-7-8-9-10-19-16-22(29)24(21-15-18(4)11-12-20(21)17(2)3)25(30)23(19)26(31)27-13-14-28(5)6;1-7-8-9-10-19-14-22(28)24(21-13-18(6)11-12-20(21)17(4)5)25(29)23(19)26(30)27-15-16(2)3;1-5-6-7-8-15-12-18(25)20(21(26)19(15)22(27)24-23)17-11-14(4)9-10-16(17)13(2)3/h15-16,20-21,29-30H,2,7-14H2,1,3-6H3,(H,27,31);13-14,16,20-21,28-29H,4,7-12,15H2,1-3,5-6H3,(H,27,30);11-12,16-17,25-26H,2,5-10,23H2,1,3-4H3,(H,24,27)/t2*20-,21+;16-,17+/m000/s1. The van der Waals surface area contributed by atoms with Crippen LogP contribution in [0.1, 0.15) is 255 Å². The van der Waals surface area contributed by atoms with Gasteiger partial charge in [0.25, 0.3) is 17.7 Å². The fourth-order valence-electron chi connectivity index (χ4n) is 12.9. The molecule has 0 bridgehead atoms. The van der Waals surface area contributed by atoms with E-state index in [1.54, 1.807) is 18.2 Å². The first kappa shape index (κ1) is 73.7. The van der Waals surface area contributed by atoms with Gasteiger partial charge in [-0.25, -0.2) is 5.84 Å². The number of unbranched alkanes of at least 4 members (excludes halogenated alkanes) is 6. The molecule has 3 aromatic rings. The molecule has 0 radical (unpaired) electrons. The Kier molecular flexibility index (Phi) is 29.7. The Bertz CT molecular complexity index is 3020. The van der Waals surface area contributed by atoms with E-state index < -0.39 is 5.91 Å². The molecule has 486 valence electrons. The van der Waals surface area contributed by atoms with Gasteiger partial charge in [-0.3, -0.25) is 19.8 Å². The molecule has 0 aromatic heterocycles. The number of likely N-dealkylation sites (N-methyl/N-ethyl adjacent to an activating group) is 1. The predicted molar refractivity (Wildman–Crippen MR) is 361 cm³/mol. The number of nitrogens with zero attached hydrogens (tertiary/aromatic N) is 1. The van der Waals surface area contributed by atoms with Crippen LogP contribution in [-0.2, 0) is 19.3 Å². The molecule has 0 fully saturated rings. The number of rotatable bonds is 26. The third kappa shape index (κ3) is 19.9. The summed E-state index contributed by atoms with van der Waals surface area (Å²) in [5, 5.41) is 72.2. The lowest BCUT2D eigenvalue weighted by molar-refractivity contribution is 0.0937. The number of hydrazine groups is 1. The maximum atomic E-state index is 13.1. The predicted octanol–water partition coefficient (Wildman–Crippen LogP) is 15.8. The van der Waals surface area contributed by atoms with Gasteiger partial charge in [-0.1, -0.05) is 145 Å². The number of phenols is 6. The van der Waals surface area contributed by atoms with E-state index in [9.17, 15) is 45.0 Å². The molecule has 3 aromatic carbocycles. The van der Waals surface area contributed by atoms with Crippen molar-refractivity contribution >= 4 is 17.7 Å². The second-order valence-electron chi connectivity index (χ2n) is 26.2. The summed E-state index contributed by atoms with van der Waals surface area (Å²) in [5.74, 6) is 4.17. The van der Waals surface area contributed by atoms with Gasteiger partial charge in [0, 0.05) is 54.1 Å². The van der Waals surface area contributed by atoms with Crippen LogP contribution in [-0.4, -0.2) is 87.0 Å². The number of benzene rings is 3. The molecule has 88 heavy (non-hydrogen) atoms. The van der Waals surface area contributed by atoms with Gasteiger partial charge in [-0.05, 0) is 191 Å². The van der Waals surface area contributed by atoms with Crippen molar-refractivity contribution < 1.29 is 45.0 Å². The molecule has 0 saturated carbocycles. The Labute approximate surface area is 528 Å². The molecule has 0 aliphatic heterocycles. The van der Waals surface area contributed by atoms with Crippen molar-refractivity contribution in [2.45, 2.75) is 209 Å². The van der Waals surface area contributed by atoms with Gasteiger partial charge in [0.05, 0.1) is 16.7 Å². The largest absolute Gasteiger partial charge is 0.507 e. The van der Waals surface area contributed by atoms with E-state index in [4.69, 9.17) is 5.84 Å². The highest BCUT2D eigenvalue weighted by Gasteiger charge is 2.36. The summed E-state index contributed by atoms with van der Waals surface area (Å²) in [6.45, 7) is 36.7. The number of nitrogens with two attached hydrogens (primary N) is 1. The first-order valence-electron chi connectivity index (χ1n) is 32.6. The summed E-state index contributed by atoms with van der Waals surface area (Å²) in [6.07, 6.45) is 22.8. The molecule has 6 atom stereocenters. The van der Waals surface area contributed by atoms with Crippen LogP contribution in [0.4, 0.5) is 0 Å². The fraction of sp³-hybridized carbons (Fsp3) is 0.554. The Morgan fingerprint density at radius 2 is 0.841 bits per heavy atom. The maximum absolute atomic E-state index is 13.1. The van der Waals surface area contributed by atoms with E-state index in [-0.39, 0.29) is 87.4 Å². The van der Waals surface area contributed by atoms with Gasteiger partial charge in [-0.15, -0.1) is 0 Å². The highest BCUT2D eigenvalue weighted by molar-refractivity contribution is 6.00. The number of phenolic OH excluding ortho intramolecular Hbond substituents is 6. The molecule has 14 nitrogen and oxygen atoms in total. The first-order chi connectivity index (χ1) is 41.6. The Hall–Kier alpha value is -6.77. The van der Waals surface area contributed by atoms with Crippen molar-refractivity contribution in [2.24, 2.45) is 29.5 Å². The van der Waals surface area contributed by atoms with E-state index in [1.165, 1.54) is 16.7 Å². The molecule has 0 unspecified atom stereocenters. The van der Waals surface area contributed by atoms with Crippen LogP contribution in [0.15, 0.2) is 89.6 Å². The van der Waals surface area contributed by atoms with Crippen molar-refractivity contribution in [1.29, 1.82) is 0 Å². The highest BCUT2D eigenvalue weighted by Crippen LogP contribution is 2.51. The number of carbonyl (C=O) groups excluding carboxylic acids is 3. The van der Waals surface area contributed by atoms with E-state index in [0.29, 0.717) is 89.3 Å². The van der Waals surface area contributed by atoms with Gasteiger partial charge in [0.2, 0.25) is 0 Å². The van der Waals surface area contributed by atoms with Crippen molar-refractivity contribution in [2.75, 3.05) is 33.7 Å². The zero-order chi connectivity index (χ0) is 65.7. The summed E-state index contributed by atoms with van der Waals surface area (Å²) >= 11 is 0. The van der Waals surface area contributed by atoms with Crippen LogP contribution in [0.2, 0.25) is 0 Å². The number of nitrogen functional groups attached to an aromatic ring is 1. The van der Waals surface area contributed by atoms with Gasteiger partial charge < -0.3 is 46.2 Å². The zero-order valence-corrected chi connectivity index (χ0v) is 55.9. The van der Waals surface area contributed by atoms with E-state index in [2.05, 4.69) is 88.6 Å². The van der Waals surface area contributed by atoms with Crippen molar-refractivity contribution in [3.8, 4) is 34.5 Å². The van der Waals surface area contributed by atoms with Crippen LogP contribution in [0.25, 0.3) is 0 Å². The van der Waals surface area contributed by atoms with E-state index >= 15 is 0 Å². The molecular weight excluding hydrogens is 1100 g/mol.